The first-order chi connectivity index (χ1) is 10.4. The summed E-state index contributed by atoms with van der Waals surface area (Å²) in [6.45, 7) is 1.42. The quantitative estimate of drug-likeness (QED) is 0.740. The Morgan fingerprint density at radius 2 is 2.14 bits per heavy atom. The predicted octanol–water partition coefficient (Wildman–Crippen LogP) is 2.76. The lowest BCUT2D eigenvalue weighted by Gasteiger charge is -1.98. The summed E-state index contributed by atoms with van der Waals surface area (Å²) in [7, 11) is 0. The van der Waals surface area contributed by atoms with E-state index in [-0.39, 0.29) is 5.92 Å². The SMILES string of the molecule is c1csc(-c2ncc(-c3nc(C4CCOC4)no3)cn2)c1. The second-order valence-corrected chi connectivity index (χ2v) is 5.74. The molecule has 4 heterocycles. The predicted molar refractivity (Wildman–Crippen MR) is 76.8 cm³/mol. The van der Waals surface area contributed by atoms with Gasteiger partial charge in [-0.3, -0.25) is 0 Å². The lowest BCUT2D eigenvalue weighted by molar-refractivity contribution is 0.192. The summed E-state index contributed by atoms with van der Waals surface area (Å²) in [5.41, 5.74) is 0.730. The zero-order valence-corrected chi connectivity index (χ0v) is 11.9. The van der Waals surface area contributed by atoms with Gasteiger partial charge in [0, 0.05) is 24.9 Å². The number of thiophene rings is 1. The van der Waals surface area contributed by atoms with E-state index in [1.807, 2.05) is 17.5 Å². The van der Waals surface area contributed by atoms with Crippen LogP contribution in [0.5, 0.6) is 0 Å². The highest BCUT2D eigenvalue weighted by Crippen LogP contribution is 2.26. The summed E-state index contributed by atoms with van der Waals surface area (Å²) in [6.07, 6.45) is 4.36. The van der Waals surface area contributed by atoms with Crippen molar-refractivity contribution in [1.29, 1.82) is 0 Å². The minimum Gasteiger partial charge on any atom is -0.381 e. The summed E-state index contributed by atoms with van der Waals surface area (Å²) in [5, 5.41) is 6.03. The lowest BCUT2D eigenvalue weighted by atomic mass is 10.1. The topological polar surface area (TPSA) is 73.9 Å². The average Bonchev–Trinajstić information content (AvgIpc) is 3.27. The van der Waals surface area contributed by atoms with Gasteiger partial charge in [-0.1, -0.05) is 11.2 Å². The van der Waals surface area contributed by atoms with Gasteiger partial charge in [0.25, 0.3) is 5.89 Å². The first-order valence-corrected chi connectivity index (χ1v) is 7.56. The van der Waals surface area contributed by atoms with Crippen LogP contribution >= 0.6 is 11.3 Å². The molecule has 1 aliphatic rings. The van der Waals surface area contributed by atoms with Gasteiger partial charge in [0.2, 0.25) is 0 Å². The van der Waals surface area contributed by atoms with Crippen LogP contribution in [0.3, 0.4) is 0 Å². The summed E-state index contributed by atoms with van der Waals surface area (Å²) in [6, 6.07) is 3.97. The number of ether oxygens (including phenoxy) is 1. The van der Waals surface area contributed by atoms with Crippen LogP contribution in [0.1, 0.15) is 18.2 Å². The number of hydrogen-bond acceptors (Lipinski definition) is 7. The third kappa shape index (κ3) is 2.45. The number of hydrogen-bond donors (Lipinski definition) is 0. The van der Waals surface area contributed by atoms with Crippen molar-refractivity contribution in [2.75, 3.05) is 13.2 Å². The summed E-state index contributed by atoms with van der Waals surface area (Å²) in [4.78, 5) is 14.2. The first kappa shape index (κ1) is 12.6. The molecular formula is C14H12N4O2S. The molecule has 3 aromatic rings. The molecule has 0 N–H and O–H groups in total. The molecule has 1 saturated heterocycles. The van der Waals surface area contributed by atoms with Crippen LogP contribution in [0.2, 0.25) is 0 Å². The zero-order valence-electron chi connectivity index (χ0n) is 11.1. The molecule has 0 bridgehead atoms. The van der Waals surface area contributed by atoms with E-state index in [1.54, 1.807) is 23.7 Å². The van der Waals surface area contributed by atoms with Gasteiger partial charge in [0.1, 0.15) is 0 Å². The maximum atomic E-state index is 5.34. The van der Waals surface area contributed by atoms with Crippen molar-refractivity contribution in [3.05, 3.63) is 35.7 Å². The van der Waals surface area contributed by atoms with E-state index in [4.69, 9.17) is 9.26 Å². The summed E-state index contributed by atoms with van der Waals surface area (Å²) < 4.78 is 10.6. The van der Waals surface area contributed by atoms with Gasteiger partial charge in [-0.15, -0.1) is 11.3 Å². The Morgan fingerprint density at radius 1 is 1.24 bits per heavy atom. The van der Waals surface area contributed by atoms with Crippen LogP contribution in [-0.2, 0) is 4.74 Å². The number of rotatable bonds is 3. The highest BCUT2D eigenvalue weighted by atomic mass is 32.1. The maximum Gasteiger partial charge on any atom is 0.261 e. The van der Waals surface area contributed by atoms with E-state index < -0.39 is 0 Å². The van der Waals surface area contributed by atoms with Gasteiger partial charge >= 0.3 is 0 Å². The Bertz CT molecular complexity index is 718. The highest BCUT2D eigenvalue weighted by Gasteiger charge is 2.23. The fourth-order valence-electron chi connectivity index (χ4n) is 2.23. The summed E-state index contributed by atoms with van der Waals surface area (Å²) in [5.74, 6) is 2.09. The third-order valence-electron chi connectivity index (χ3n) is 3.38. The molecule has 0 radical (unpaired) electrons. The second kappa shape index (κ2) is 5.34. The van der Waals surface area contributed by atoms with Crippen LogP contribution in [-0.4, -0.2) is 33.3 Å². The monoisotopic (exact) mass is 300 g/mol. The fraction of sp³-hybridized carbons (Fsp3) is 0.286. The Hall–Kier alpha value is -2.12. The maximum absolute atomic E-state index is 5.34. The first-order valence-electron chi connectivity index (χ1n) is 6.68. The number of nitrogens with zero attached hydrogens (tertiary/aromatic N) is 4. The van der Waals surface area contributed by atoms with E-state index in [2.05, 4.69) is 20.1 Å². The van der Waals surface area contributed by atoms with E-state index in [0.29, 0.717) is 24.1 Å². The minimum absolute atomic E-state index is 0.230. The van der Waals surface area contributed by atoms with E-state index in [1.165, 1.54) is 0 Å². The normalized spacial score (nSPS) is 18.2. The molecule has 6 nitrogen and oxygen atoms in total. The molecule has 1 atom stereocenters. The lowest BCUT2D eigenvalue weighted by Crippen LogP contribution is -1.99. The van der Waals surface area contributed by atoms with Crippen molar-refractivity contribution in [2.24, 2.45) is 0 Å². The van der Waals surface area contributed by atoms with Crippen LogP contribution in [0.15, 0.2) is 34.4 Å². The van der Waals surface area contributed by atoms with Crippen molar-refractivity contribution in [3.8, 4) is 22.2 Å². The smallest absolute Gasteiger partial charge is 0.261 e. The molecule has 106 valence electrons. The van der Waals surface area contributed by atoms with Gasteiger partial charge in [-0.25, -0.2) is 9.97 Å². The van der Waals surface area contributed by atoms with Gasteiger partial charge in [0.05, 0.1) is 17.0 Å². The van der Waals surface area contributed by atoms with Gasteiger partial charge in [0.15, 0.2) is 11.6 Å². The summed E-state index contributed by atoms with van der Waals surface area (Å²) >= 11 is 1.61. The van der Waals surface area contributed by atoms with Crippen LogP contribution in [0, 0.1) is 0 Å². The molecule has 0 aromatic carbocycles. The Kier molecular flexibility index (Phi) is 3.21. The van der Waals surface area contributed by atoms with E-state index in [9.17, 15) is 0 Å². The Morgan fingerprint density at radius 3 is 2.86 bits per heavy atom. The van der Waals surface area contributed by atoms with Crippen LogP contribution < -0.4 is 0 Å². The minimum atomic E-state index is 0.230. The molecule has 1 unspecified atom stereocenters. The molecule has 0 amide bonds. The zero-order chi connectivity index (χ0) is 14.1. The molecule has 7 heteroatoms. The second-order valence-electron chi connectivity index (χ2n) is 4.79. The van der Waals surface area contributed by atoms with Crippen molar-refractivity contribution in [3.63, 3.8) is 0 Å². The van der Waals surface area contributed by atoms with Gasteiger partial charge < -0.3 is 9.26 Å². The van der Waals surface area contributed by atoms with Crippen molar-refractivity contribution in [2.45, 2.75) is 12.3 Å². The molecule has 21 heavy (non-hydrogen) atoms. The Balaban J connectivity index is 1.58. The van der Waals surface area contributed by atoms with E-state index >= 15 is 0 Å². The fourth-order valence-corrected chi connectivity index (χ4v) is 2.90. The van der Waals surface area contributed by atoms with Crippen molar-refractivity contribution in [1.82, 2.24) is 20.1 Å². The van der Waals surface area contributed by atoms with Crippen LogP contribution in [0.25, 0.3) is 22.2 Å². The van der Waals surface area contributed by atoms with Gasteiger partial charge in [-0.05, 0) is 17.9 Å². The molecule has 1 fully saturated rings. The van der Waals surface area contributed by atoms with Crippen LogP contribution in [0.4, 0.5) is 0 Å². The molecule has 0 spiro atoms. The number of aromatic nitrogens is 4. The average molecular weight is 300 g/mol. The highest BCUT2D eigenvalue weighted by molar-refractivity contribution is 7.13. The van der Waals surface area contributed by atoms with E-state index in [0.717, 1.165) is 23.5 Å². The van der Waals surface area contributed by atoms with Gasteiger partial charge in [-0.2, -0.15) is 4.98 Å². The molecule has 4 rings (SSSR count). The molecular weight excluding hydrogens is 288 g/mol. The third-order valence-corrected chi connectivity index (χ3v) is 4.24. The molecule has 3 aromatic heterocycles. The van der Waals surface area contributed by atoms with Crippen molar-refractivity contribution >= 4 is 11.3 Å². The molecule has 1 aliphatic heterocycles. The van der Waals surface area contributed by atoms with Crippen molar-refractivity contribution < 1.29 is 9.26 Å². The Labute approximate surface area is 124 Å². The molecule has 0 aliphatic carbocycles. The standard InChI is InChI=1S/C14H12N4O2S/c1-2-11(21-5-1)13-15-6-10(7-16-13)14-17-12(18-20-14)9-3-4-19-8-9/h1-2,5-7,9H,3-4,8H2. The largest absolute Gasteiger partial charge is 0.381 e. The molecule has 0 saturated carbocycles.